The SMILES string of the molecule is CC(C)(C)OC(=O)CCC(N)(C(=O)O)c1ccc(Cl)cc1. The lowest BCUT2D eigenvalue weighted by atomic mass is 9.86. The fraction of sp³-hybridized carbons (Fsp3) is 0.467. The number of rotatable bonds is 5. The van der Waals surface area contributed by atoms with Gasteiger partial charge in [-0.25, -0.2) is 4.79 Å². The number of carboxylic acids is 1. The van der Waals surface area contributed by atoms with Crippen molar-refractivity contribution in [3.8, 4) is 0 Å². The van der Waals surface area contributed by atoms with Crippen LogP contribution >= 0.6 is 11.6 Å². The number of aliphatic carboxylic acids is 1. The fourth-order valence-corrected chi connectivity index (χ4v) is 1.94. The van der Waals surface area contributed by atoms with Crippen molar-refractivity contribution in [3.63, 3.8) is 0 Å². The first-order valence-corrected chi connectivity index (χ1v) is 6.92. The van der Waals surface area contributed by atoms with Crippen molar-refractivity contribution in [2.45, 2.75) is 44.8 Å². The van der Waals surface area contributed by atoms with E-state index in [0.717, 1.165) is 0 Å². The van der Waals surface area contributed by atoms with Gasteiger partial charge in [0.05, 0.1) is 0 Å². The molecule has 1 rings (SSSR count). The highest BCUT2D eigenvalue weighted by Gasteiger charge is 2.36. The molecule has 1 atom stereocenters. The van der Waals surface area contributed by atoms with Crippen LogP contribution in [-0.2, 0) is 19.9 Å². The van der Waals surface area contributed by atoms with Crippen molar-refractivity contribution >= 4 is 23.5 Å². The molecule has 0 amide bonds. The van der Waals surface area contributed by atoms with E-state index >= 15 is 0 Å². The van der Waals surface area contributed by atoms with E-state index in [2.05, 4.69) is 0 Å². The number of carbonyl (C=O) groups is 2. The minimum atomic E-state index is -1.65. The number of hydrogen-bond acceptors (Lipinski definition) is 4. The lowest BCUT2D eigenvalue weighted by molar-refractivity contribution is -0.155. The van der Waals surface area contributed by atoms with Gasteiger partial charge in [-0.3, -0.25) is 4.79 Å². The van der Waals surface area contributed by atoms with Gasteiger partial charge in [0.15, 0.2) is 0 Å². The lowest BCUT2D eigenvalue weighted by Gasteiger charge is -2.26. The molecule has 0 spiro atoms. The topological polar surface area (TPSA) is 89.6 Å². The van der Waals surface area contributed by atoms with E-state index < -0.39 is 23.1 Å². The van der Waals surface area contributed by atoms with Gasteiger partial charge < -0.3 is 15.6 Å². The van der Waals surface area contributed by atoms with Gasteiger partial charge in [-0.05, 0) is 44.9 Å². The summed E-state index contributed by atoms with van der Waals surface area (Å²) in [5, 5.41) is 9.88. The van der Waals surface area contributed by atoms with E-state index in [4.69, 9.17) is 22.1 Å². The highest BCUT2D eigenvalue weighted by atomic mass is 35.5. The van der Waals surface area contributed by atoms with Crippen molar-refractivity contribution in [1.82, 2.24) is 0 Å². The maximum Gasteiger partial charge on any atom is 0.328 e. The molecule has 3 N–H and O–H groups in total. The van der Waals surface area contributed by atoms with Crippen LogP contribution in [0.3, 0.4) is 0 Å². The van der Waals surface area contributed by atoms with Crippen LogP contribution in [0.25, 0.3) is 0 Å². The van der Waals surface area contributed by atoms with Crippen LogP contribution in [0.2, 0.25) is 5.02 Å². The number of carbonyl (C=O) groups excluding carboxylic acids is 1. The zero-order valence-electron chi connectivity index (χ0n) is 12.4. The van der Waals surface area contributed by atoms with Gasteiger partial charge in [-0.2, -0.15) is 0 Å². The Balaban J connectivity index is 2.85. The first kappa shape index (κ1) is 17.5. The Morgan fingerprint density at radius 1 is 1.24 bits per heavy atom. The van der Waals surface area contributed by atoms with E-state index in [1.54, 1.807) is 45.0 Å². The van der Waals surface area contributed by atoms with E-state index in [9.17, 15) is 14.7 Å². The molecule has 0 saturated heterocycles. The normalized spacial score (nSPS) is 14.3. The number of nitrogens with two attached hydrogens (primary N) is 1. The van der Waals surface area contributed by atoms with Gasteiger partial charge in [0.1, 0.15) is 11.1 Å². The van der Waals surface area contributed by atoms with Gasteiger partial charge in [-0.15, -0.1) is 0 Å². The van der Waals surface area contributed by atoms with Crippen LogP contribution in [0.1, 0.15) is 39.2 Å². The van der Waals surface area contributed by atoms with Gasteiger partial charge in [0.2, 0.25) is 0 Å². The van der Waals surface area contributed by atoms with Crippen LogP contribution < -0.4 is 5.73 Å². The number of halogens is 1. The molecule has 0 fully saturated rings. The maximum absolute atomic E-state index is 11.7. The summed E-state index contributed by atoms with van der Waals surface area (Å²) in [6, 6.07) is 6.22. The molecule has 0 bridgehead atoms. The van der Waals surface area contributed by atoms with Gasteiger partial charge in [-0.1, -0.05) is 23.7 Å². The third-order valence-electron chi connectivity index (χ3n) is 2.88. The molecule has 0 radical (unpaired) electrons. The van der Waals surface area contributed by atoms with Crippen molar-refractivity contribution < 1.29 is 19.4 Å². The Hall–Kier alpha value is -1.59. The van der Waals surface area contributed by atoms with Crippen molar-refractivity contribution in [3.05, 3.63) is 34.9 Å². The second-order valence-corrected chi connectivity index (χ2v) is 6.31. The summed E-state index contributed by atoms with van der Waals surface area (Å²) in [6.07, 6.45) is -0.137. The summed E-state index contributed by atoms with van der Waals surface area (Å²) in [6.45, 7) is 5.24. The minimum Gasteiger partial charge on any atom is -0.480 e. The van der Waals surface area contributed by atoms with Crippen molar-refractivity contribution in [2.75, 3.05) is 0 Å². The summed E-state index contributed by atoms with van der Waals surface area (Å²) in [7, 11) is 0. The Kier molecular flexibility index (Phi) is 5.36. The Morgan fingerprint density at radius 3 is 2.19 bits per heavy atom. The van der Waals surface area contributed by atoms with Crippen LogP contribution in [0.5, 0.6) is 0 Å². The van der Waals surface area contributed by atoms with Gasteiger partial charge >= 0.3 is 11.9 Å². The Labute approximate surface area is 129 Å². The number of esters is 1. The number of carboxylic acid groups (broad SMARTS) is 1. The van der Waals surface area contributed by atoms with E-state index in [1.807, 2.05) is 0 Å². The molecular weight excluding hydrogens is 294 g/mol. The molecule has 0 aliphatic carbocycles. The summed E-state index contributed by atoms with van der Waals surface area (Å²) in [4.78, 5) is 23.2. The number of hydrogen-bond donors (Lipinski definition) is 2. The van der Waals surface area contributed by atoms with E-state index in [-0.39, 0.29) is 12.8 Å². The molecule has 0 saturated carbocycles. The first-order valence-electron chi connectivity index (χ1n) is 6.55. The quantitative estimate of drug-likeness (QED) is 0.816. The zero-order valence-corrected chi connectivity index (χ0v) is 13.1. The van der Waals surface area contributed by atoms with Gasteiger partial charge in [0.25, 0.3) is 0 Å². The standard InChI is InChI=1S/C15H20ClNO4/c1-14(2,3)21-12(18)8-9-15(17,13(19)20)10-4-6-11(16)7-5-10/h4-7H,8-9,17H2,1-3H3,(H,19,20). The summed E-state index contributed by atoms with van der Waals surface area (Å²) in [5.74, 6) is -1.68. The molecule has 1 unspecified atom stereocenters. The Morgan fingerprint density at radius 2 is 1.76 bits per heavy atom. The summed E-state index contributed by atoms with van der Waals surface area (Å²) in [5.41, 5.74) is 4.10. The van der Waals surface area contributed by atoms with Gasteiger partial charge in [0, 0.05) is 11.4 Å². The molecule has 6 heteroatoms. The molecule has 1 aromatic carbocycles. The predicted molar refractivity (Wildman–Crippen MR) is 80.0 cm³/mol. The van der Waals surface area contributed by atoms with E-state index in [0.29, 0.717) is 10.6 Å². The van der Waals surface area contributed by atoms with Crippen LogP contribution in [0.4, 0.5) is 0 Å². The average molecular weight is 314 g/mol. The molecule has 0 aliphatic heterocycles. The summed E-state index contributed by atoms with van der Waals surface area (Å²) < 4.78 is 5.16. The second kappa shape index (κ2) is 6.45. The highest BCUT2D eigenvalue weighted by molar-refractivity contribution is 6.30. The van der Waals surface area contributed by atoms with E-state index in [1.165, 1.54) is 0 Å². The van der Waals surface area contributed by atoms with Crippen molar-refractivity contribution in [2.24, 2.45) is 5.73 Å². The third-order valence-corrected chi connectivity index (χ3v) is 3.14. The summed E-state index contributed by atoms with van der Waals surface area (Å²) >= 11 is 5.78. The zero-order chi connectivity index (χ0) is 16.3. The molecule has 0 aromatic heterocycles. The van der Waals surface area contributed by atoms with Crippen LogP contribution in [0.15, 0.2) is 24.3 Å². The molecule has 0 aliphatic rings. The predicted octanol–water partition coefficient (Wildman–Crippen LogP) is 2.70. The van der Waals surface area contributed by atoms with Crippen LogP contribution in [0, 0.1) is 0 Å². The molecule has 1 aromatic rings. The second-order valence-electron chi connectivity index (χ2n) is 5.87. The smallest absolute Gasteiger partial charge is 0.328 e. The number of ether oxygens (including phenoxy) is 1. The molecule has 21 heavy (non-hydrogen) atoms. The molecule has 5 nitrogen and oxygen atoms in total. The monoisotopic (exact) mass is 313 g/mol. The third kappa shape index (κ3) is 5.02. The number of benzene rings is 1. The highest BCUT2D eigenvalue weighted by Crippen LogP contribution is 2.26. The fourth-order valence-electron chi connectivity index (χ4n) is 1.81. The molecule has 0 heterocycles. The first-order chi connectivity index (χ1) is 9.54. The largest absolute Gasteiger partial charge is 0.480 e. The Bertz CT molecular complexity index is 521. The average Bonchev–Trinajstić information content (AvgIpc) is 2.34. The minimum absolute atomic E-state index is 0.0567. The lowest BCUT2D eigenvalue weighted by Crippen LogP contribution is -2.45. The van der Waals surface area contributed by atoms with Crippen molar-refractivity contribution in [1.29, 1.82) is 0 Å². The molecule has 116 valence electrons. The maximum atomic E-state index is 11.7. The van der Waals surface area contributed by atoms with Crippen LogP contribution in [-0.4, -0.2) is 22.6 Å². The molecular formula is C15H20ClNO4.